The summed E-state index contributed by atoms with van der Waals surface area (Å²) in [5.41, 5.74) is 0.980. The van der Waals surface area contributed by atoms with Gasteiger partial charge in [-0.2, -0.15) is 0 Å². The van der Waals surface area contributed by atoms with Crippen LogP contribution in [-0.2, 0) is 0 Å². The molecule has 2 rings (SSSR count). The molecule has 6 heteroatoms. The van der Waals surface area contributed by atoms with Crippen LogP contribution >= 0.6 is 0 Å². The molecule has 6 nitrogen and oxygen atoms in total. The van der Waals surface area contributed by atoms with Gasteiger partial charge in [0.2, 0.25) is 5.95 Å². The van der Waals surface area contributed by atoms with E-state index in [2.05, 4.69) is 20.6 Å². The van der Waals surface area contributed by atoms with E-state index in [0.717, 1.165) is 11.4 Å². The Hall–Kier alpha value is -2.63. The number of amides is 1. The monoisotopic (exact) mass is 314 g/mol. The molecule has 0 saturated heterocycles. The van der Waals surface area contributed by atoms with Gasteiger partial charge in [-0.3, -0.25) is 4.79 Å². The summed E-state index contributed by atoms with van der Waals surface area (Å²) in [7, 11) is 0. The molecule has 1 amide bonds. The quantitative estimate of drug-likeness (QED) is 0.886. The number of ether oxygens (including phenoxy) is 1. The molecule has 0 bridgehead atoms. The van der Waals surface area contributed by atoms with E-state index >= 15 is 0 Å². The van der Waals surface area contributed by atoms with Gasteiger partial charge in [0.05, 0.1) is 12.2 Å². The Morgan fingerprint density at radius 1 is 1.13 bits per heavy atom. The number of carbonyl (C=O) groups excluding carboxylic acids is 1. The van der Waals surface area contributed by atoms with Crippen LogP contribution in [0.1, 0.15) is 38.1 Å². The van der Waals surface area contributed by atoms with Crippen molar-refractivity contribution in [3.63, 3.8) is 0 Å². The summed E-state index contributed by atoms with van der Waals surface area (Å²) >= 11 is 0. The highest BCUT2D eigenvalue weighted by Crippen LogP contribution is 2.18. The molecule has 0 aliphatic rings. The summed E-state index contributed by atoms with van der Waals surface area (Å²) in [5, 5.41) is 5.95. The fraction of sp³-hybridized carbons (Fsp3) is 0.353. The summed E-state index contributed by atoms with van der Waals surface area (Å²) in [6.45, 7) is 8.35. The Morgan fingerprint density at radius 3 is 2.26 bits per heavy atom. The Morgan fingerprint density at radius 2 is 1.74 bits per heavy atom. The SMILES string of the molecule is CCOc1ccc(Nc2ncc(C(=O)NC(C)(C)C)cn2)cc1. The zero-order valence-electron chi connectivity index (χ0n) is 13.9. The molecule has 2 N–H and O–H groups in total. The van der Waals surface area contributed by atoms with Crippen molar-refractivity contribution in [1.29, 1.82) is 0 Å². The standard InChI is InChI=1S/C17H22N4O2/c1-5-23-14-8-6-13(7-9-14)20-16-18-10-12(11-19-16)15(22)21-17(2,3)4/h6-11H,5H2,1-4H3,(H,21,22)(H,18,19,20). The lowest BCUT2D eigenvalue weighted by atomic mass is 10.1. The van der Waals surface area contributed by atoms with Gasteiger partial charge < -0.3 is 15.4 Å². The van der Waals surface area contributed by atoms with Crippen LogP contribution in [0.4, 0.5) is 11.6 Å². The van der Waals surface area contributed by atoms with Gasteiger partial charge in [0.1, 0.15) is 5.75 Å². The minimum absolute atomic E-state index is 0.190. The summed E-state index contributed by atoms with van der Waals surface area (Å²) in [6, 6.07) is 7.51. The molecular formula is C17H22N4O2. The van der Waals surface area contributed by atoms with Crippen molar-refractivity contribution in [2.45, 2.75) is 33.2 Å². The van der Waals surface area contributed by atoms with E-state index in [0.29, 0.717) is 18.1 Å². The Balaban J connectivity index is 2.01. The number of carbonyl (C=O) groups is 1. The first kappa shape index (κ1) is 16.7. The van der Waals surface area contributed by atoms with Crippen molar-refractivity contribution < 1.29 is 9.53 Å². The van der Waals surface area contributed by atoms with Crippen LogP contribution < -0.4 is 15.4 Å². The summed E-state index contributed by atoms with van der Waals surface area (Å²) < 4.78 is 5.39. The largest absolute Gasteiger partial charge is 0.494 e. The fourth-order valence-electron chi connectivity index (χ4n) is 1.85. The van der Waals surface area contributed by atoms with Gasteiger partial charge in [-0.25, -0.2) is 9.97 Å². The maximum Gasteiger partial charge on any atom is 0.254 e. The normalized spacial score (nSPS) is 11.0. The maximum atomic E-state index is 12.0. The highest BCUT2D eigenvalue weighted by molar-refractivity contribution is 5.94. The molecule has 1 heterocycles. The number of hydrogen-bond acceptors (Lipinski definition) is 5. The third-order valence-electron chi connectivity index (χ3n) is 2.82. The van der Waals surface area contributed by atoms with Crippen molar-refractivity contribution >= 4 is 17.5 Å². The number of nitrogens with one attached hydrogen (secondary N) is 2. The number of hydrogen-bond donors (Lipinski definition) is 2. The molecule has 23 heavy (non-hydrogen) atoms. The zero-order chi connectivity index (χ0) is 16.9. The summed E-state index contributed by atoms with van der Waals surface area (Å²) in [4.78, 5) is 20.3. The van der Waals surface area contributed by atoms with E-state index in [1.807, 2.05) is 52.0 Å². The second-order valence-electron chi connectivity index (χ2n) is 6.08. The molecule has 0 fully saturated rings. The van der Waals surface area contributed by atoms with Crippen LogP contribution in [-0.4, -0.2) is 28.0 Å². The van der Waals surface area contributed by atoms with Gasteiger partial charge in [0.25, 0.3) is 5.91 Å². The summed E-state index contributed by atoms with van der Waals surface area (Å²) in [5.74, 6) is 1.06. The average Bonchev–Trinajstić information content (AvgIpc) is 2.48. The van der Waals surface area contributed by atoms with E-state index in [1.54, 1.807) is 0 Å². The molecule has 0 atom stereocenters. The van der Waals surface area contributed by atoms with Gasteiger partial charge in [-0.05, 0) is 52.0 Å². The van der Waals surface area contributed by atoms with Crippen LogP contribution in [0.3, 0.4) is 0 Å². The maximum absolute atomic E-state index is 12.0. The lowest BCUT2D eigenvalue weighted by Crippen LogP contribution is -2.40. The van der Waals surface area contributed by atoms with Gasteiger partial charge >= 0.3 is 0 Å². The van der Waals surface area contributed by atoms with Gasteiger partial charge in [0, 0.05) is 23.6 Å². The van der Waals surface area contributed by atoms with Crippen molar-refractivity contribution in [1.82, 2.24) is 15.3 Å². The van der Waals surface area contributed by atoms with E-state index in [4.69, 9.17) is 4.74 Å². The van der Waals surface area contributed by atoms with E-state index in [1.165, 1.54) is 12.4 Å². The first-order valence-corrected chi connectivity index (χ1v) is 7.52. The van der Waals surface area contributed by atoms with Gasteiger partial charge in [-0.1, -0.05) is 0 Å². The van der Waals surface area contributed by atoms with Crippen LogP contribution in [0.2, 0.25) is 0 Å². The van der Waals surface area contributed by atoms with Crippen LogP contribution in [0.5, 0.6) is 5.75 Å². The van der Waals surface area contributed by atoms with Gasteiger partial charge in [0.15, 0.2) is 0 Å². The Bertz CT molecular complexity index is 646. The highest BCUT2D eigenvalue weighted by Gasteiger charge is 2.15. The molecule has 0 spiro atoms. The number of rotatable bonds is 5. The molecule has 0 saturated carbocycles. The van der Waals surface area contributed by atoms with Gasteiger partial charge in [-0.15, -0.1) is 0 Å². The lowest BCUT2D eigenvalue weighted by molar-refractivity contribution is 0.0919. The number of benzene rings is 1. The number of aromatic nitrogens is 2. The second-order valence-corrected chi connectivity index (χ2v) is 6.08. The molecule has 0 aliphatic heterocycles. The predicted molar refractivity (Wildman–Crippen MR) is 90.1 cm³/mol. The van der Waals surface area contributed by atoms with E-state index < -0.39 is 0 Å². The van der Waals surface area contributed by atoms with Crippen LogP contribution in [0.15, 0.2) is 36.7 Å². The van der Waals surface area contributed by atoms with Crippen LogP contribution in [0, 0.1) is 0 Å². The Kier molecular flexibility index (Phi) is 5.16. The van der Waals surface area contributed by atoms with E-state index in [-0.39, 0.29) is 11.4 Å². The molecular weight excluding hydrogens is 292 g/mol. The second kappa shape index (κ2) is 7.09. The fourth-order valence-corrected chi connectivity index (χ4v) is 1.85. The van der Waals surface area contributed by atoms with Crippen molar-refractivity contribution in [2.75, 3.05) is 11.9 Å². The average molecular weight is 314 g/mol. The minimum atomic E-state index is -0.295. The topological polar surface area (TPSA) is 76.1 Å². The molecule has 0 radical (unpaired) electrons. The van der Waals surface area contributed by atoms with Crippen molar-refractivity contribution in [3.05, 3.63) is 42.2 Å². The molecule has 2 aromatic rings. The smallest absolute Gasteiger partial charge is 0.254 e. The first-order chi connectivity index (χ1) is 10.9. The molecule has 122 valence electrons. The third-order valence-corrected chi connectivity index (χ3v) is 2.82. The minimum Gasteiger partial charge on any atom is -0.494 e. The van der Waals surface area contributed by atoms with Crippen LogP contribution in [0.25, 0.3) is 0 Å². The van der Waals surface area contributed by atoms with Crippen molar-refractivity contribution in [3.8, 4) is 5.75 Å². The number of anilines is 2. The zero-order valence-corrected chi connectivity index (χ0v) is 13.9. The number of nitrogens with zero attached hydrogens (tertiary/aromatic N) is 2. The molecule has 1 aromatic heterocycles. The molecule has 0 aliphatic carbocycles. The third kappa shape index (κ3) is 5.25. The summed E-state index contributed by atoms with van der Waals surface area (Å²) in [6.07, 6.45) is 3.01. The molecule has 0 unspecified atom stereocenters. The van der Waals surface area contributed by atoms with E-state index in [9.17, 15) is 4.79 Å². The lowest BCUT2D eigenvalue weighted by Gasteiger charge is -2.20. The predicted octanol–water partition coefficient (Wildman–Crippen LogP) is 3.15. The Labute approximate surface area is 136 Å². The van der Waals surface area contributed by atoms with Crippen molar-refractivity contribution in [2.24, 2.45) is 0 Å². The highest BCUT2D eigenvalue weighted by atomic mass is 16.5. The molecule has 1 aromatic carbocycles. The first-order valence-electron chi connectivity index (χ1n) is 7.52.